The van der Waals surface area contributed by atoms with Crippen molar-refractivity contribution in [2.24, 2.45) is 5.92 Å². The van der Waals surface area contributed by atoms with Gasteiger partial charge in [0.15, 0.2) is 0 Å². The first-order chi connectivity index (χ1) is 9.25. The average Bonchev–Trinajstić information content (AvgIpc) is 2.45. The van der Waals surface area contributed by atoms with E-state index in [9.17, 15) is 9.59 Å². The van der Waals surface area contributed by atoms with E-state index in [1.807, 2.05) is 10.6 Å². The van der Waals surface area contributed by atoms with E-state index in [0.29, 0.717) is 12.0 Å². The third-order valence-corrected chi connectivity index (χ3v) is 5.07. The molecule has 2 saturated heterocycles. The summed E-state index contributed by atoms with van der Waals surface area (Å²) in [7, 11) is 0. The van der Waals surface area contributed by atoms with Gasteiger partial charge in [-0.25, -0.2) is 0 Å². The fraction of sp³-hybridized carbons (Fsp3) is 0.600. The largest absolute Gasteiger partial charge is 0.339 e. The first-order valence-electron chi connectivity index (χ1n) is 7.26. The van der Waals surface area contributed by atoms with Crippen LogP contribution in [0.4, 0.5) is 0 Å². The van der Waals surface area contributed by atoms with Crippen molar-refractivity contribution in [1.82, 2.24) is 9.47 Å². The maximum absolute atomic E-state index is 12.7. The van der Waals surface area contributed by atoms with Crippen LogP contribution >= 0.6 is 0 Å². The number of hydrogen-bond acceptors (Lipinski definition) is 2. The third kappa shape index (κ3) is 1.52. The van der Waals surface area contributed by atoms with Crippen LogP contribution in [0.2, 0.25) is 0 Å². The number of piperidine rings is 2. The highest BCUT2D eigenvalue weighted by atomic mass is 16.2. The molecular weight excluding hydrogens is 240 g/mol. The molecule has 0 saturated carbocycles. The molecule has 2 fully saturated rings. The second kappa shape index (κ2) is 3.95. The van der Waals surface area contributed by atoms with Crippen molar-refractivity contribution in [3.63, 3.8) is 0 Å². The van der Waals surface area contributed by atoms with E-state index >= 15 is 0 Å². The van der Waals surface area contributed by atoms with Crippen LogP contribution in [0.1, 0.15) is 37.3 Å². The molecular formula is C15H18N2O2. The summed E-state index contributed by atoms with van der Waals surface area (Å²) in [4.78, 5) is 26.8. The van der Waals surface area contributed by atoms with Crippen molar-refractivity contribution < 1.29 is 4.79 Å². The molecule has 1 aromatic heterocycles. The van der Waals surface area contributed by atoms with E-state index in [1.165, 1.54) is 6.42 Å². The van der Waals surface area contributed by atoms with Crippen LogP contribution in [0.15, 0.2) is 23.0 Å². The maximum Gasteiger partial charge on any atom is 0.250 e. The van der Waals surface area contributed by atoms with E-state index < -0.39 is 0 Å². The van der Waals surface area contributed by atoms with Gasteiger partial charge in [-0.1, -0.05) is 6.07 Å². The molecule has 0 unspecified atom stereocenters. The lowest BCUT2D eigenvalue weighted by Crippen LogP contribution is -2.57. The monoisotopic (exact) mass is 258 g/mol. The second-order valence-electron chi connectivity index (χ2n) is 6.04. The average molecular weight is 258 g/mol. The van der Waals surface area contributed by atoms with Gasteiger partial charge in [-0.05, 0) is 37.7 Å². The Morgan fingerprint density at radius 2 is 2.05 bits per heavy atom. The van der Waals surface area contributed by atoms with Crippen molar-refractivity contribution in [1.29, 1.82) is 0 Å². The Hall–Kier alpha value is -1.58. The molecule has 0 N–H and O–H groups in total. The van der Waals surface area contributed by atoms with Crippen LogP contribution < -0.4 is 5.56 Å². The lowest BCUT2D eigenvalue weighted by Gasteiger charge is -2.50. The molecule has 4 heteroatoms. The summed E-state index contributed by atoms with van der Waals surface area (Å²) in [5, 5.41) is 0. The summed E-state index contributed by atoms with van der Waals surface area (Å²) in [6, 6.07) is 5.71. The fourth-order valence-corrected chi connectivity index (χ4v) is 4.20. The van der Waals surface area contributed by atoms with Gasteiger partial charge in [0.25, 0.3) is 5.56 Å². The number of rotatable bonds is 0. The quantitative estimate of drug-likeness (QED) is 0.705. The van der Waals surface area contributed by atoms with Crippen molar-refractivity contribution in [2.45, 2.75) is 44.2 Å². The Bertz CT molecular complexity index is 592. The molecule has 0 radical (unpaired) electrons. The molecule has 1 amide bonds. The maximum atomic E-state index is 12.7. The van der Waals surface area contributed by atoms with Crippen LogP contribution in [0.3, 0.4) is 0 Å². The number of fused-ring (bicyclic) bond motifs is 6. The molecule has 2 bridgehead atoms. The molecule has 3 aliphatic heterocycles. The molecule has 19 heavy (non-hydrogen) atoms. The summed E-state index contributed by atoms with van der Waals surface area (Å²) in [5.74, 6) is 0.637. The first-order valence-corrected chi connectivity index (χ1v) is 7.26. The predicted molar refractivity (Wildman–Crippen MR) is 70.9 cm³/mol. The van der Waals surface area contributed by atoms with E-state index in [-0.39, 0.29) is 17.4 Å². The summed E-state index contributed by atoms with van der Waals surface area (Å²) in [6.07, 6.45) is 4.39. The third-order valence-electron chi connectivity index (χ3n) is 5.07. The summed E-state index contributed by atoms with van der Waals surface area (Å²) in [5.41, 5.74) is 0.974. The van der Waals surface area contributed by atoms with Gasteiger partial charge in [0.1, 0.15) is 0 Å². The SMILES string of the molecule is O=C1[C@@H]2C[C@@H](Cn3c2cccc3=O)[C@@H]2CCCCN12. The summed E-state index contributed by atoms with van der Waals surface area (Å²) >= 11 is 0. The molecule has 100 valence electrons. The van der Waals surface area contributed by atoms with Crippen molar-refractivity contribution in [2.75, 3.05) is 6.54 Å². The van der Waals surface area contributed by atoms with Gasteiger partial charge in [0, 0.05) is 30.9 Å². The Morgan fingerprint density at radius 1 is 1.16 bits per heavy atom. The number of pyridine rings is 1. The molecule has 4 nitrogen and oxygen atoms in total. The Labute approximate surface area is 112 Å². The van der Waals surface area contributed by atoms with E-state index in [4.69, 9.17) is 0 Å². The van der Waals surface area contributed by atoms with Crippen LogP contribution in [0.25, 0.3) is 0 Å². The summed E-state index contributed by atoms with van der Waals surface area (Å²) in [6.45, 7) is 1.70. The highest BCUT2D eigenvalue weighted by molar-refractivity contribution is 5.85. The smallest absolute Gasteiger partial charge is 0.250 e. The zero-order valence-corrected chi connectivity index (χ0v) is 10.9. The van der Waals surface area contributed by atoms with E-state index in [1.54, 1.807) is 12.1 Å². The lowest BCUT2D eigenvalue weighted by atomic mass is 9.75. The lowest BCUT2D eigenvalue weighted by molar-refractivity contribution is -0.145. The number of carbonyl (C=O) groups excluding carboxylic acids is 1. The highest BCUT2D eigenvalue weighted by Crippen LogP contribution is 2.42. The molecule has 0 aromatic carbocycles. The van der Waals surface area contributed by atoms with Crippen molar-refractivity contribution in [3.05, 3.63) is 34.2 Å². The van der Waals surface area contributed by atoms with Crippen LogP contribution in [0.5, 0.6) is 0 Å². The molecule has 1 aromatic rings. The van der Waals surface area contributed by atoms with Crippen LogP contribution in [-0.4, -0.2) is 28.0 Å². The zero-order chi connectivity index (χ0) is 13.0. The van der Waals surface area contributed by atoms with Gasteiger partial charge >= 0.3 is 0 Å². The molecule has 3 atom stereocenters. The van der Waals surface area contributed by atoms with Gasteiger partial charge < -0.3 is 9.47 Å². The van der Waals surface area contributed by atoms with Crippen LogP contribution in [-0.2, 0) is 11.3 Å². The zero-order valence-electron chi connectivity index (χ0n) is 10.9. The number of amides is 1. The van der Waals surface area contributed by atoms with Gasteiger partial charge in [0.05, 0.1) is 5.92 Å². The highest BCUT2D eigenvalue weighted by Gasteiger charge is 2.46. The van der Waals surface area contributed by atoms with E-state index in [2.05, 4.69) is 4.90 Å². The van der Waals surface area contributed by atoms with Crippen LogP contribution in [0, 0.1) is 5.92 Å². The second-order valence-corrected chi connectivity index (χ2v) is 6.04. The first kappa shape index (κ1) is 11.3. The molecule has 4 rings (SSSR count). The molecule has 3 aliphatic rings. The predicted octanol–water partition coefficient (Wildman–Crippen LogP) is 1.35. The minimum Gasteiger partial charge on any atom is -0.339 e. The normalized spacial score (nSPS) is 32.7. The Kier molecular flexibility index (Phi) is 2.34. The number of carbonyl (C=O) groups is 1. The van der Waals surface area contributed by atoms with Crippen molar-refractivity contribution >= 4 is 5.91 Å². The van der Waals surface area contributed by atoms with Gasteiger partial charge in [-0.2, -0.15) is 0 Å². The summed E-state index contributed by atoms with van der Waals surface area (Å²) < 4.78 is 1.84. The minimum atomic E-state index is -0.0815. The van der Waals surface area contributed by atoms with Crippen molar-refractivity contribution in [3.8, 4) is 0 Å². The topological polar surface area (TPSA) is 42.3 Å². The van der Waals surface area contributed by atoms with Gasteiger partial charge in [-0.3, -0.25) is 9.59 Å². The van der Waals surface area contributed by atoms with Gasteiger partial charge in [0.2, 0.25) is 5.91 Å². The minimum absolute atomic E-state index is 0.0456. The standard InChI is InChI=1S/C15H18N2O2/c18-14-6-3-5-13-11-8-10(9-17(13)14)12-4-1-2-7-16(12)15(11)19/h3,5-6,10-12H,1-2,4,7-9H2/t10-,11+,12-/m0/s1. The molecule has 4 heterocycles. The number of aromatic nitrogens is 1. The fourth-order valence-electron chi connectivity index (χ4n) is 4.20. The Morgan fingerprint density at radius 3 is 2.95 bits per heavy atom. The van der Waals surface area contributed by atoms with E-state index in [0.717, 1.165) is 38.0 Å². The number of nitrogens with zero attached hydrogens (tertiary/aromatic N) is 2. The Balaban J connectivity index is 1.83. The molecule has 0 aliphatic carbocycles. The van der Waals surface area contributed by atoms with Gasteiger partial charge in [-0.15, -0.1) is 0 Å². The number of hydrogen-bond donors (Lipinski definition) is 0. The molecule has 0 spiro atoms.